The molecule has 1 heterocycles. The second kappa shape index (κ2) is 6.83. The van der Waals surface area contributed by atoms with Gasteiger partial charge in [-0.1, -0.05) is 30.4 Å². The van der Waals surface area contributed by atoms with Gasteiger partial charge in [0.25, 0.3) is 0 Å². The molecular formula is C14H20N2O3S2. The van der Waals surface area contributed by atoms with E-state index in [0.717, 1.165) is 0 Å². The van der Waals surface area contributed by atoms with E-state index in [4.69, 9.17) is 23.1 Å². The van der Waals surface area contributed by atoms with Gasteiger partial charge < -0.3 is 10.8 Å². The maximum Gasteiger partial charge on any atom is 0.218 e. The molecule has 0 spiro atoms. The summed E-state index contributed by atoms with van der Waals surface area (Å²) in [4.78, 5) is 0.262. The average Bonchev–Trinajstić information content (AvgIpc) is 2.47. The van der Waals surface area contributed by atoms with Crippen molar-refractivity contribution in [2.24, 2.45) is 11.7 Å². The number of nitrogens with zero attached hydrogens (tertiary/aromatic N) is 1. The molecule has 1 aromatic rings. The van der Waals surface area contributed by atoms with Crippen molar-refractivity contribution in [3.05, 3.63) is 35.4 Å². The lowest BCUT2D eigenvalue weighted by Crippen LogP contribution is -2.39. The number of hydrogen-bond acceptors (Lipinski definition) is 4. The molecule has 1 aromatic carbocycles. The fourth-order valence-electron chi connectivity index (χ4n) is 2.49. The predicted molar refractivity (Wildman–Crippen MR) is 86.3 cm³/mol. The third kappa shape index (κ3) is 4.23. The van der Waals surface area contributed by atoms with Gasteiger partial charge in [-0.3, -0.25) is 0 Å². The molecule has 116 valence electrons. The number of sulfonamides is 1. The SMILES string of the molecule is NC(=S)c1cccc(CS(=O)(=O)N2CCC(CO)CC2)c1. The molecule has 0 amide bonds. The molecule has 5 nitrogen and oxygen atoms in total. The molecule has 21 heavy (non-hydrogen) atoms. The van der Waals surface area contributed by atoms with Gasteiger partial charge in [0.2, 0.25) is 10.0 Å². The van der Waals surface area contributed by atoms with Crippen LogP contribution in [0.1, 0.15) is 24.0 Å². The highest BCUT2D eigenvalue weighted by Gasteiger charge is 2.27. The summed E-state index contributed by atoms with van der Waals surface area (Å²) in [6.07, 6.45) is 1.42. The zero-order chi connectivity index (χ0) is 15.5. The van der Waals surface area contributed by atoms with Crippen molar-refractivity contribution in [1.29, 1.82) is 0 Å². The molecular weight excluding hydrogens is 308 g/mol. The zero-order valence-corrected chi connectivity index (χ0v) is 13.4. The summed E-state index contributed by atoms with van der Waals surface area (Å²) in [6.45, 7) is 1.08. The summed E-state index contributed by atoms with van der Waals surface area (Å²) >= 11 is 4.91. The van der Waals surface area contributed by atoms with Gasteiger partial charge in [-0.15, -0.1) is 0 Å². The molecule has 0 radical (unpaired) electrons. The first-order valence-corrected chi connectivity index (χ1v) is 8.91. The fraction of sp³-hybridized carbons (Fsp3) is 0.500. The van der Waals surface area contributed by atoms with Gasteiger partial charge >= 0.3 is 0 Å². The highest BCUT2D eigenvalue weighted by Crippen LogP contribution is 2.21. The normalized spacial score (nSPS) is 17.8. The van der Waals surface area contributed by atoms with Gasteiger partial charge in [-0.25, -0.2) is 12.7 Å². The Morgan fingerprint density at radius 2 is 2.05 bits per heavy atom. The molecule has 2 rings (SSSR count). The van der Waals surface area contributed by atoms with Crippen LogP contribution in [0.15, 0.2) is 24.3 Å². The Balaban J connectivity index is 2.07. The van der Waals surface area contributed by atoms with E-state index < -0.39 is 10.0 Å². The predicted octanol–water partition coefficient (Wildman–Crippen LogP) is 0.855. The van der Waals surface area contributed by atoms with E-state index in [9.17, 15) is 8.42 Å². The third-order valence-corrected chi connectivity index (χ3v) is 5.87. The largest absolute Gasteiger partial charge is 0.396 e. The number of nitrogens with two attached hydrogens (primary N) is 1. The van der Waals surface area contributed by atoms with Crippen LogP contribution in [0.25, 0.3) is 0 Å². The molecule has 1 aliphatic rings. The van der Waals surface area contributed by atoms with Gasteiger partial charge in [-0.2, -0.15) is 0 Å². The highest BCUT2D eigenvalue weighted by atomic mass is 32.2. The van der Waals surface area contributed by atoms with E-state index in [1.54, 1.807) is 24.3 Å². The van der Waals surface area contributed by atoms with Gasteiger partial charge in [0.1, 0.15) is 4.99 Å². The van der Waals surface area contributed by atoms with Crippen LogP contribution in [0.5, 0.6) is 0 Å². The minimum atomic E-state index is -3.34. The van der Waals surface area contributed by atoms with Crippen molar-refractivity contribution in [3.63, 3.8) is 0 Å². The van der Waals surface area contributed by atoms with E-state index in [1.807, 2.05) is 0 Å². The van der Waals surface area contributed by atoms with Crippen molar-refractivity contribution in [2.45, 2.75) is 18.6 Å². The van der Waals surface area contributed by atoms with E-state index in [0.29, 0.717) is 37.1 Å². The molecule has 0 saturated carbocycles. The molecule has 1 fully saturated rings. The summed E-state index contributed by atoms with van der Waals surface area (Å²) in [6, 6.07) is 7.02. The minimum Gasteiger partial charge on any atom is -0.396 e. The van der Waals surface area contributed by atoms with Crippen LogP contribution in [0, 0.1) is 5.92 Å². The summed E-state index contributed by atoms with van der Waals surface area (Å²) in [7, 11) is -3.34. The molecule has 0 bridgehead atoms. The quantitative estimate of drug-likeness (QED) is 0.783. The van der Waals surface area contributed by atoms with Crippen molar-refractivity contribution < 1.29 is 13.5 Å². The van der Waals surface area contributed by atoms with E-state index in [2.05, 4.69) is 0 Å². The van der Waals surface area contributed by atoms with Crippen LogP contribution in [-0.2, 0) is 15.8 Å². The van der Waals surface area contributed by atoms with Crippen LogP contribution in [0.4, 0.5) is 0 Å². The number of benzene rings is 1. The topological polar surface area (TPSA) is 83.6 Å². The Kier molecular flexibility index (Phi) is 5.32. The first kappa shape index (κ1) is 16.4. The molecule has 0 atom stereocenters. The second-order valence-electron chi connectivity index (χ2n) is 5.35. The molecule has 7 heteroatoms. The van der Waals surface area contributed by atoms with Gasteiger partial charge in [0.05, 0.1) is 5.75 Å². The van der Waals surface area contributed by atoms with Crippen LogP contribution < -0.4 is 5.73 Å². The van der Waals surface area contributed by atoms with Crippen molar-refractivity contribution in [1.82, 2.24) is 4.31 Å². The van der Waals surface area contributed by atoms with Crippen LogP contribution in [0.3, 0.4) is 0 Å². The maximum absolute atomic E-state index is 12.4. The Morgan fingerprint density at radius 1 is 1.38 bits per heavy atom. The summed E-state index contributed by atoms with van der Waals surface area (Å²) in [5, 5.41) is 9.11. The van der Waals surface area contributed by atoms with Crippen molar-refractivity contribution >= 4 is 27.2 Å². The number of rotatable bonds is 5. The van der Waals surface area contributed by atoms with Crippen LogP contribution in [-0.4, -0.2) is 42.5 Å². The number of aliphatic hydroxyl groups excluding tert-OH is 1. The van der Waals surface area contributed by atoms with Gasteiger partial charge in [-0.05, 0) is 30.4 Å². The first-order valence-electron chi connectivity index (χ1n) is 6.90. The number of aliphatic hydroxyl groups is 1. The highest BCUT2D eigenvalue weighted by molar-refractivity contribution is 7.88. The Bertz CT molecular complexity index is 608. The van der Waals surface area contributed by atoms with Crippen LogP contribution >= 0.6 is 12.2 Å². The lowest BCUT2D eigenvalue weighted by atomic mass is 10.00. The van der Waals surface area contributed by atoms with E-state index in [-0.39, 0.29) is 23.3 Å². The monoisotopic (exact) mass is 328 g/mol. The molecule has 3 N–H and O–H groups in total. The lowest BCUT2D eigenvalue weighted by Gasteiger charge is -2.30. The number of piperidine rings is 1. The number of hydrogen-bond donors (Lipinski definition) is 2. The zero-order valence-electron chi connectivity index (χ0n) is 11.7. The summed E-state index contributed by atoms with van der Waals surface area (Å²) in [5.41, 5.74) is 6.93. The number of thiocarbonyl (C=S) groups is 1. The Hall–Kier alpha value is -1.02. The molecule has 0 aromatic heterocycles. The molecule has 1 aliphatic heterocycles. The lowest BCUT2D eigenvalue weighted by molar-refractivity contribution is 0.170. The maximum atomic E-state index is 12.4. The Morgan fingerprint density at radius 3 is 2.62 bits per heavy atom. The standard InChI is InChI=1S/C14H20N2O3S2/c15-14(20)13-3-1-2-12(8-13)10-21(18,19)16-6-4-11(9-17)5-7-16/h1-3,8,11,17H,4-7,9-10H2,(H2,15,20). The van der Waals surface area contributed by atoms with Gasteiger partial charge in [0, 0.05) is 25.3 Å². The van der Waals surface area contributed by atoms with Crippen molar-refractivity contribution in [3.8, 4) is 0 Å². The summed E-state index contributed by atoms with van der Waals surface area (Å²) in [5.74, 6) is 0.169. The third-order valence-electron chi connectivity index (χ3n) is 3.79. The van der Waals surface area contributed by atoms with E-state index in [1.165, 1.54) is 4.31 Å². The molecule has 0 unspecified atom stereocenters. The fourth-order valence-corrected chi connectivity index (χ4v) is 4.16. The Labute approximate surface area is 130 Å². The minimum absolute atomic E-state index is 0.0484. The average molecular weight is 328 g/mol. The molecule has 0 aliphatic carbocycles. The van der Waals surface area contributed by atoms with Crippen molar-refractivity contribution in [2.75, 3.05) is 19.7 Å². The second-order valence-corrected chi connectivity index (χ2v) is 7.75. The van der Waals surface area contributed by atoms with Gasteiger partial charge in [0.15, 0.2) is 0 Å². The summed E-state index contributed by atoms with van der Waals surface area (Å²) < 4.78 is 26.4. The van der Waals surface area contributed by atoms with Crippen LogP contribution in [0.2, 0.25) is 0 Å². The van der Waals surface area contributed by atoms with E-state index >= 15 is 0 Å². The first-order chi connectivity index (χ1) is 9.92. The molecule has 1 saturated heterocycles. The smallest absolute Gasteiger partial charge is 0.218 e.